The zero-order valence-corrected chi connectivity index (χ0v) is 9.96. The van der Waals surface area contributed by atoms with Crippen LogP contribution in [0.3, 0.4) is 0 Å². The summed E-state index contributed by atoms with van der Waals surface area (Å²) in [5.74, 6) is -1.43. The van der Waals surface area contributed by atoms with Crippen LogP contribution in [0.1, 0.15) is 40.7 Å². The molecule has 0 spiro atoms. The molecule has 0 radical (unpaired) electrons. The van der Waals surface area contributed by atoms with E-state index in [1.165, 1.54) is 13.0 Å². The first kappa shape index (κ1) is 15.8. The van der Waals surface area contributed by atoms with E-state index in [0.717, 1.165) is 0 Å². The van der Waals surface area contributed by atoms with Gasteiger partial charge in [-0.15, -0.1) is 0 Å². The van der Waals surface area contributed by atoms with Crippen molar-refractivity contribution in [2.45, 2.75) is 19.5 Å². The predicted octanol–water partition coefficient (Wildman–Crippen LogP) is 3.09. The molecule has 0 bridgehead atoms. The van der Waals surface area contributed by atoms with Crippen molar-refractivity contribution in [3.05, 3.63) is 28.6 Å². The minimum Gasteiger partial charge on any atom is -0.461 e. The van der Waals surface area contributed by atoms with Crippen molar-refractivity contribution < 1.29 is 31.5 Å². The number of nitriles is 1. The number of aromatic nitrogens is 1. The molecule has 0 saturated carbocycles. The highest BCUT2D eigenvalue weighted by molar-refractivity contribution is 5.89. The number of halogens is 5. The summed E-state index contributed by atoms with van der Waals surface area (Å²) in [7, 11) is 0. The highest BCUT2D eigenvalue weighted by Gasteiger charge is 2.38. The number of hydrogen-bond donors (Lipinski definition) is 0. The van der Waals surface area contributed by atoms with Gasteiger partial charge in [0.15, 0.2) is 5.69 Å². The molecular formula is C11H7F5N2O2. The van der Waals surface area contributed by atoms with E-state index in [9.17, 15) is 26.7 Å². The maximum Gasteiger partial charge on any atom is 0.418 e. The maximum absolute atomic E-state index is 12.8. The number of ether oxygens (including phenoxy) is 1. The molecule has 0 N–H and O–H groups in total. The van der Waals surface area contributed by atoms with Gasteiger partial charge in [-0.3, -0.25) is 0 Å². The third kappa shape index (κ3) is 3.20. The summed E-state index contributed by atoms with van der Waals surface area (Å²) in [5.41, 5.74) is -5.01. The molecule has 9 heteroatoms. The van der Waals surface area contributed by atoms with Crippen molar-refractivity contribution in [2.24, 2.45) is 0 Å². The normalized spacial score (nSPS) is 11.3. The Balaban J connectivity index is 3.57. The highest BCUT2D eigenvalue weighted by atomic mass is 19.4. The minimum absolute atomic E-state index is 0.0441. The number of carbonyl (C=O) groups is 1. The fourth-order valence-electron chi connectivity index (χ4n) is 1.36. The number of nitrogens with zero attached hydrogens (tertiary/aromatic N) is 2. The first-order valence-corrected chi connectivity index (χ1v) is 5.19. The molecule has 0 unspecified atom stereocenters. The Kier molecular flexibility index (Phi) is 4.60. The van der Waals surface area contributed by atoms with Gasteiger partial charge in [0.2, 0.25) is 0 Å². The average molecular weight is 294 g/mol. The van der Waals surface area contributed by atoms with Crippen molar-refractivity contribution >= 4 is 5.97 Å². The van der Waals surface area contributed by atoms with Crippen LogP contribution in [0.2, 0.25) is 0 Å². The lowest BCUT2D eigenvalue weighted by Gasteiger charge is -2.13. The first-order valence-electron chi connectivity index (χ1n) is 5.19. The minimum atomic E-state index is -5.08. The van der Waals surface area contributed by atoms with E-state index in [1.54, 1.807) is 0 Å². The van der Waals surface area contributed by atoms with Gasteiger partial charge in [0.05, 0.1) is 17.7 Å². The molecule has 1 aromatic rings. The van der Waals surface area contributed by atoms with Crippen LogP contribution in [-0.4, -0.2) is 17.6 Å². The molecule has 0 aromatic carbocycles. The largest absolute Gasteiger partial charge is 0.461 e. The molecule has 0 atom stereocenters. The second-order valence-corrected chi connectivity index (χ2v) is 3.45. The lowest BCUT2D eigenvalue weighted by atomic mass is 10.1. The van der Waals surface area contributed by atoms with Crippen LogP contribution in [0.4, 0.5) is 22.0 Å². The number of alkyl halides is 5. The second-order valence-electron chi connectivity index (χ2n) is 3.45. The number of esters is 1. The number of rotatable bonds is 3. The van der Waals surface area contributed by atoms with Crippen molar-refractivity contribution in [1.82, 2.24) is 4.98 Å². The molecule has 4 nitrogen and oxygen atoms in total. The topological polar surface area (TPSA) is 63.0 Å². The van der Waals surface area contributed by atoms with Gasteiger partial charge in [-0.1, -0.05) is 0 Å². The van der Waals surface area contributed by atoms with E-state index in [-0.39, 0.29) is 12.7 Å². The Hall–Kier alpha value is -2.24. The van der Waals surface area contributed by atoms with Crippen molar-refractivity contribution in [3.8, 4) is 6.07 Å². The van der Waals surface area contributed by atoms with E-state index >= 15 is 0 Å². The van der Waals surface area contributed by atoms with Gasteiger partial charge in [-0.05, 0) is 13.0 Å². The van der Waals surface area contributed by atoms with E-state index in [2.05, 4.69) is 9.72 Å². The zero-order valence-electron chi connectivity index (χ0n) is 9.96. The maximum atomic E-state index is 12.8. The summed E-state index contributed by atoms with van der Waals surface area (Å²) in [5, 5.41) is 8.62. The molecule has 20 heavy (non-hydrogen) atoms. The van der Waals surface area contributed by atoms with Gasteiger partial charge in [0.1, 0.15) is 11.8 Å². The first-order chi connectivity index (χ1) is 9.22. The highest BCUT2D eigenvalue weighted by Crippen LogP contribution is 2.35. The van der Waals surface area contributed by atoms with Crippen LogP contribution in [0.25, 0.3) is 0 Å². The van der Waals surface area contributed by atoms with Gasteiger partial charge in [-0.25, -0.2) is 18.6 Å². The van der Waals surface area contributed by atoms with Crippen molar-refractivity contribution in [2.75, 3.05) is 6.61 Å². The molecule has 108 valence electrons. The lowest BCUT2D eigenvalue weighted by Crippen LogP contribution is -2.19. The lowest BCUT2D eigenvalue weighted by molar-refractivity contribution is -0.138. The number of hydrogen-bond acceptors (Lipinski definition) is 4. The molecule has 0 fully saturated rings. The molecule has 0 amide bonds. The van der Waals surface area contributed by atoms with Gasteiger partial charge in [0, 0.05) is 0 Å². The smallest absolute Gasteiger partial charge is 0.418 e. The quantitative estimate of drug-likeness (QED) is 0.635. The fourth-order valence-corrected chi connectivity index (χ4v) is 1.36. The summed E-state index contributed by atoms with van der Waals surface area (Å²) >= 11 is 0. The van der Waals surface area contributed by atoms with E-state index in [4.69, 9.17) is 5.26 Å². The summed E-state index contributed by atoms with van der Waals surface area (Å²) in [6, 6.07) is 1.27. The average Bonchev–Trinajstić information content (AvgIpc) is 2.36. The van der Waals surface area contributed by atoms with Crippen LogP contribution in [0, 0.1) is 11.3 Å². The number of pyridine rings is 1. The molecule has 0 aliphatic carbocycles. The molecule has 1 rings (SSSR count). The van der Waals surface area contributed by atoms with Crippen LogP contribution < -0.4 is 0 Å². The Morgan fingerprint density at radius 2 is 2.10 bits per heavy atom. The third-order valence-corrected chi connectivity index (χ3v) is 2.17. The Morgan fingerprint density at radius 1 is 1.50 bits per heavy atom. The molecular weight excluding hydrogens is 287 g/mol. The van der Waals surface area contributed by atoms with Gasteiger partial charge in [-0.2, -0.15) is 18.4 Å². The monoisotopic (exact) mass is 294 g/mol. The van der Waals surface area contributed by atoms with Crippen molar-refractivity contribution in [3.63, 3.8) is 0 Å². The van der Waals surface area contributed by atoms with Crippen molar-refractivity contribution in [1.29, 1.82) is 5.26 Å². The Morgan fingerprint density at radius 3 is 2.50 bits per heavy atom. The zero-order chi connectivity index (χ0) is 15.5. The van der Waals surface area contributed by atoms with Crippen LogP contribution in [0.5, 0.6) is 0 Å². The Labute approximate surface area is 109 Å². The molecule has 1 aromatic heterocycles. The van der Waals surface area contributed by atoms with Crippen LogP contribution >= 0.6 is 0 Å². The SMILES string of the molecule is CCOC(=O)c1nc(C#N)c(C(F)F)cc1C(F)(F)F. The summed E-state index contributed by atoms with van der Waals surface area (Å²) < 4.78 is 67.8. The van der Waals surface area contributed by atoms with E-state index in [1.807, 2.05) is 0 Å². The van der Waals surface area contributed by atoms with E-state index < -0.39 is 41.1 Å². The summed E-state index contributed by atoms with van der Waals surface area (Å²) in [4.78, 5) is 14.4. The molecule has 0 aliphatic rings. The molecule has 0 aliphatic heterocycles. The molecule has 0 saturated heterocycles. The van der Waals surface area contributed by atoms with E-state index in [0.29, 0.717) is 0 Å². The Bertz CT molecular complexity index is 563. The summed E-state index contributed by atoms with van der Waals surface area (Å²) in [6.07, 6.45) is -8.40. The molecule has 1 heterocycles. The predicted molar refractivity (Wildman–Crippen MR) is 54.9 cm³/mol. The fraction of sp³-hybridized carbons (Fsp3) is 0.364. The van der Waals surface area contributed by atoms with Gasteiger partial charge < -0.3 is 4.74 Å². The van der Waals surface area contributed by atoms with Gasteiger partial charge in [0.25, 0.3) is 6.43 Å². The second kappa shape index (κ2) is 5.81. The summed E-state index contributed by atoms with van der Waals surface area (Å²) in [6.45, 7) is 1.13. The van der Waals surface area contributed by atoms with Gasteiger partial charge >= 0.3 is 12.1 Å². The number of carbonyl (C=O) groups excluding carboxylic acids is 1. The van der Waals surface area contributed by atoms with Crippen LogP contribution in [0.15, 0.2) is 6.07 Å². The standard InChI is InChI=1S/C11H7F5N2O2/c1-2-20-10(19)8-6(11(14,15)16)3-5(9(12)13)7(4-17)18-8/h3,9H,2H2,1H3. The van der Waals surface area contributed by atoms with Crippen LogP contribution in [-0.2, 0) is 10.9 Å². The third-order valence-electron chi connectivity index (χ3n) is 2.17.